The summed E-state index contributed by atoms with van der Waals surface area (Å²) in [6, 6.07) is 7.12. The summed E-state index contributed by atoms with van der Waals surface area (Å²) in [6.45, 7) is 3.64. The molecule has 0 unspecified atom stereocenters. The number of anilines is 1. The summed E-state index contributed by atoms with van der Waals surface area (Å²) in [4.78, 5) is 24.3. The number of hydrogen-bond acceptors (Lipinski definition) is 7. The molecule has 10 heteroatoms. The van der Waals surface area contributed by atoms with Crippen molar-refractivity contribution in [3.05, 3.63) is 61.6 Å². The van der Waals surface area contributed by atoms with E-state index < -0.39 is 4.92 Å². The summed E-state index contributed by atoms with van der Waals surface area (Å²) in [6.07, 6.45) is 0.683. The Kier molecular flexibility index (Phi) is 6.10. The van der Waals surface area contributed by atoms with Gasteiger partial charge in [0.2, 0.25) is 5.91 Å². The van der Waals surface area contributed by atoms with Gasteiger partial charge in [-0.25, -0.2) is 0 Å². The summed E-state index contributed by atoms with van der Waals surface area (Å²) < 4.78 is 1.86. The first-order valence-electron chi connectivity index (χ1n) is 8.44. The lowest BCUT2D eigenvalue weighted by molar-refractivity contribution is -0.384. The molecule has 1 amide bonds. The van der Waals surface area contributed by atoms with E-state index >= 15 is 0 Å². The van der Waals surface area contributed by atoms with Gasteiger partial charge >= 0.3 is 0 Å². The fraction of sp³-hybridized carbons (Fsp3) is 0.278. The lowest BCUT2D eigenvalue weighted by Crippen LogP contribution is -2.16. The average Bonchev–Trinajstić information content (AvgIpc) is 3.27. The number of rotatable bonds is 7. The quantitative estimate of drug-likeness (QED) is 0.357. The van der Waals surface area contributed by atoms with E-state index in [0.29, 0.717) is 11.6 Å². The van der Waals surface area contributed by atoms with E-state index in [-0.39, 0.29) is 23.0 Å². The first-order valence-corrected chi connectivity index (χ1v) is 10.3. The molecule has 1 N–H and O–H groups in total. The van der Waals surface area contributed by atoms with Gasteiger partial charge < -0.3 is 9.88 Å². The van der Waals surface area contributed by atoms with Crippen LogP contribution in [-0.2, 0) is 18.3 Å². The van der Waals surface area contributed by atoms with Crippen LogP contribution in [0, 0.1) is 24.0 Å². The van der Waals surface area contributed by atoms with E-state index in [9.17, 15) is 14.9 Å². The lowest BCUT2D eigenvalue weighted by Gasteiger charge is -2.09. The number of aryl methyl sites for hydroxylation is 2. The smallest absolute Gasteiger partial charge is 0.293 e. The fourth-order valence-electron chi connectivity index (χ4n) is 2.56. The number of nitro benzene ring substituents is 1. The zero-order valence-electron chi connectivity index (χ0n) is 15.6. The maximum absolute atomic E-state index is 12.3. The van der Waals surface area contributed by atoms with E-state index in [0.717, 1.165) is 17.0 Å². The maximum atomic E-state index is 12.3. The van der Waals surface area contributed by atoms with Crippen molar-refractivity contribution < 1.29 is 9.72 Å². The van der Waals surface area contributed by atoms with Crippen molar-refractivity contribution in [1.29, 1.82) is 0 Å². The third kappa shape index (κ3) is 4.57. The Balaban J connectivity index is 1.65. The Morgan fingerprint density at radius 2 is 2.07 bits per heavy atom. The molecule has 1 aromatic carbocycles. The van der Waals surface area contributed by atoms with Gasteiger partial charge in [-0.1, -0.05) is 17.8 Å². The number of thioether (sulfide) groups is 1. The second kappa shape index (κ2) is 8.53. The second-order valence-corrected chi connectivity index (χ2v) is 8.24. The van der Waals surface area contributed by atoms with Crippen molar-refractivity contribution in [2.45, 2.75) is 25.4 Å². The zero-order valence-corrected chi connectivity index (χ0v) is 17.3. The summed E-state index contributed by atoms with van der Waals surface area (Å²) >= 11 is 2.89. The van der Waals surface area contributed by atoms with Crippen LogP contribution in [0.25, 0.3) is 0 Å². The Labute approximate surface area is 170 Å². The first kappa shape index (κ1) is 20.0. The second-order valence-electron chi connectivity index (χ2n) is 6.26. The molecule has 0 radical (unpaired) electrons. The number of amides is 1. The molecule has 0 aliphatic heterocycles. The van der Waals surface area contributed by atoms with Gasteiger partial charge in [-0.2, -0.15) is 0 Å². The van der Waals surface area contributed by atoms with Gasteiger partial charge in [-0.15, -0.1) is 21.5 Å². The predicted molar refractivity (Wildman–Crippen MR) is 110 cm³/mol. The number of aromatic nitrogens is 3. The molecule has 8 nitrogen and oxygen atoms in total. The summed E-state index contributed by atoms with van der Waals surface area (Å²) in [5, 5.41) is 24.8. The molecule has 0 aliphatic carbocycles. The van der Waals surface area contributed by atoms with E-state index in [1.807, 2.05) is 36.1 Å². The molecule has 28 heavy (non-hydrogen) atoms. The molecule has 2 heterocycles. The molecule has 146 valence electrons. The van der Waals surface area contributed by atoms with E-state index in [1.165, 1.54) is 22.7 Å². The van der Waals surface area contributed by atoms with Crippen LogP contribution in [0.2, 0.25) is 0 Å². The van der Waals surface area contributed by atoms with Crippen LogP contribution in [0.15, 0.2) is 34.8 Å². The molecule has 0 aliphatic rings. The van der Waals surface area contributed by atoms with Crippen molar-refractivity contribution >= 4 is 40.4 Å². The van der Waals surface area contributed by atoms with Gasteiger partial charge in [0.25, 0.3) is 5.69 Å². The first-order chi connectivity index (χ1) is 13.3. The summed E-state index contributed by atoms with van der Waals surface area (Å²) in [5.74, 6) is 0.559. The van der Waals surface area contributed by atoms with Gasteiger partial charge in [0, 0.05) is 24.4 Å². The normalized spacial score (nSPS) is 10.8. The van der Waals surface area contributed by atoms with E-state index in [4.69, 9.17) is 0 Å². The third-order valence-corrected chi connectivity index (χ3v) is 6.15. The van der Waals surface area contributed by atoms with Gasteiger partial charge in [0.15, 0.2) is 5.16 Å². The Bertz CT molecular complexity index is 1010. The Morgan fingerprint density at radius 3 is 2.75 bits per heavy atom. The molecule has 0 atom stereocenters. The van der Waals surface area contributed by atoms with Crippen molar-refractivity contribution in [1.82, 2.24) is 14.8 Å². The van der Waals surface area contributed by atoms with Crippen molar-refractivity contribution in [2.75, 3.05) is 11.1 Å². The molecule has 3 aromatic rings. The van der Waals surface area contributed by atoms with Gasteiger partial charge in [0.1, 0.15) is 11.5 Å². The Morgan fingerprint density at radius 1 is 1.32 bits per heavy atom. The topological polar surface area (TPSA) is 103 Å². The number of carbonyl (C=O) groups is 1. The highest BCUT2D eigenvalue weighted by molar-refractivity contribution is 7.99. The predicted octanol–water partition coefficient (Wildman–Crippen LogP) is 3.72. The maximum Gasteiger partial charge on any atom is 0.293 e. The van der Waals surface area contributed by atoms with E-state index in [1.54, 1.807) is 24.3 Å². The molecule has 0 bridgehead atoms. The minimum Gasteiger partial charge on any atom is -0.320 e. The molecule has 2 aromatic heterocycles. The highest BCUT2D eigenvalue weighted by Crippen LogP contribution is 2.28. The minimum absolute atomic E-state index is 0.0784. The van der Waals surface area contributed by atoms with Crippen LogP contribution < -0.4 is 5.32 Å². The Hall–Kier alpha value is -2.72. The van der Waals surface area contributed by atoms with E-state index in [2.05, 4.69) is 15.5 Å². The highest BCUT2D eigenvalue weighted by Gasteiger charge is 2.18. The van der Waals surface area contributed by atoms with Crippen molar-refractivity contribution in [3.63, 3.8) is 0 Å². The molecule has 0 saturated heterocycles. The SMILES string of the molecule is Cc1cc(NC(=O)CSc2nnc(Cc3cccs3)n2C)c([N+](=O)[O-])cc1C. The highest BCUT2D eigenvalue weighted by atomic mass is 32.2. The third-order valence-electron chi connectivity index (χ3n) is 4.25. The standard InChI is InChI=1S/C18H19N5O3S2/c1-11-7-14(15(23(25)26)8-12(11)2)19-17(24)10-28-18-21-20-16(22(18)3)9-13-5-4-6-27-13/h4-8H,9-10H2,1-3H3,(H,19,24). The van der Waals surface area contributed by atoms with Crippen LogP contribution in [0.1, 0.15) is 21.8 Å². The monoisotopic (exact) mass is 417 g/mol. The molecule has 0 spiro atoms. The number of thiophene rings is 1. The molecule has 3 rings (SSSR count). The summed E-state index contributed by atoms with van der Waals surface area (Å²) in [5.41, 5.74) is 1.77. The number of nitrogens with zero attached hydrogens (tertiary/aromatic N) is 4. The number of hydrogen-bond donors (Lipinski definition) is 1. The van der Waals surface area contributed by atoms with Crippen LogP contribution in [-0.4, -0.2) is 31.3 Å². The fourth-order valence-corrected chi connectivity index (χ4v) is 3.99. The van der Waals surface area contributed by atoms with Gasteiger partial charge in [-0.3, -0.25) is 14.9 Å². The average molecular weight is 418 g/mol. The van der Waals surface area contributed by atoms with Crippen LogP contribution >= 0.6 is 23.1 Å². The van der Waals surface area contributed by atoms with Crippen molar-refractivity contribution in [2.24, 2.45) is 7.05 Å². The van der Waals surface area contributed by atoms with Crippen LogP contribution in [0.5, 0.6) is 0 Å². The van der Waals surface area contributed by atoms with Crippen LogP contribution in [0.4, 0.5) is 11.4 Å². The van der Waals surface area contributed by atoms with Gasteiger partial charge in [-0.05, 0) is 42.5 Å². The zero-order chi connectivity index (χ0) is 20.3. The number of nitro groups is 1. The minimum atomic E-state index is -0.491. The van der Waals surface area contributed by atoms with Gasteiger partial charge in [0.05, 0.1) is 10.7 Å². The molecular formula is C18H19N5O3S2. The molecule has 0 fully saturated rings. The molecular weight excluding hydrogens is 398 g/mol. The largest absolute Gasteiger partial charge is 0.320 e. The number of carbonyl (C=O) groups excluding carboxylic acids is 1. The lowest BCUT2D eigenvalue weighted by atomic mass is 10.1. The number of benzene rings is 1. The number of nitrogens with one attached hydrogen (secondary N) is 1. The van der Waals surface area contributed by atoms with Crippen molar-refractivity contribution in [3.8, 4) is 0 Å². The summed E-state index contributed by atoms with van der Waals surface area (Å²) in [7, 11) is 1.86. The van der Waals surface area contributed by atoms with Crippen LogP contribution in [0.3, 0.4) is 0 Å². The molecule has 0 saturated carbocycles.